The third kappa shape index (κ3) is 2.66. The summed E-state index contributed by atoms with van der Waals surface area (Å²) in [5.41, 5.74) is 0.937. The number of hydrogen-bond acceptors (Lipinski definition) is 1. The fraction of sp³-hybridized carbons (Fsp3) is 0.364. The predicted molar refractivity (Wildman–Crippen MR) is 58.7 cm³/mol. The fourth-order valence-electron chi connectivity index (χ4n) is 1.03. The molecule has 0 saturated carbocycles. The largest absolute Gasteiger partial charge is 0.289 e. The van der Waals surface area contributed by atoms with Crippen LogP contribution < -0.4 is 0 Å². The van der Waals surface area contributed by atoms with E-state index in [1.807, 2.05) is 19.1 Å². The lowest BCUT2D eigenvalue weighted by Crippen LogP contribution is -2.07. The summed E-state index contributed by atoms with van der Waals surface area (Å²) in [6.45, 7) is 6.06. The maximum absolute atomic E-state index is 11.4. The molecule has 0 aromatic rings. The summed E-state index contributed by atoms with van der Waals surface area (Å²) in [7, 11) is 0. The zero-order valence-electron chi connectivity index (χ0n) is 8.10. The molecule has 1 aliphatic rings. The topological polar surface area (TPSA) is 17.1 Å². The molecule has 0 fully saturated rings. The summed E-state index contributed by atoms with van der Waals surface area (Å²) in [5, 5.41) is 0. The molecule has 0 aromatic carbocycles. The molecule has 0 unspecified atom stereocenters. The molecule has 13 heavy (non-hydrogen) atoms. The minimum absolute atomic E-state index is 0.0370. The molecule has 1 aliphatic carbocycles. The Labute approximate surface area is 87.3 Å². The van der Waals surface area contributed by atoms with E-state index in [0.717, 1.165) is 5.57 Å². The summed E-state index contributed by atoms with van der Waals surface area (Å²) in [4.78, 5) is 11.4. The monoisotopic (exact) mass is 240 g/mol. The summed E-state index contributed by atoms with van der Waals surface area (Å²) in [6.07, 6.45) is 7.61. The van der Waals surface area contributed by atoms with Crippen LogP contribution in [0, 0.1) is 5.41 Å². The van der Waals surface area contributed by atoms with Gasteiger partial charge in [0, 0.05) is 5.41 Å². The van der Waals surface area contributed by atoms with Crippen LogP contribution in [-0.4, -0.2) is 5.78 Å². The first-order valence-electron chi connectivity index (χ1n) is 4.21. The van der Waals surface area contributed by atoms with Crippen molar-refractivity contribution in [3.8, 4) is 0 Å². The van der Waals surface area contributed by atoms with E-state index in [4.69, 9.17) is 0 Å². The average molecular weight is 241 g/mol. The van der Waals surface area contributed by atoms with Crippen molar-refractivity contribution in [1.82, 2.24) is 0 Å². The minimum atomic E-state index is -0.0371. The standard InChI is InChI=1S/C11H13BrO/c1-8-4-6-11(2,3)7-5-9(13)10(8)12/h4-7H,1-3H3/b6-4-,7-5-,10-8+. The van der Waals surface area contributed by atoms with E-state index in [1.165, 1.54) is 0 Å². The number of carbonyl (C=O) groups is 1. The van der Waals surface area contributed by atoms with Crippen molar-refractivity contribution in [2.75, 3.05) is 0 Å². The van der Waals surface area contributed by atoms with Crippen LogP contribution in [0.3, 0.4) is 0 Å². The molecule has 0 bridgehead atoms. The highest BCUT2D eigenvalue weighted by Crippen LogP contribution is 2.25. The Bertz CT molecular complexity index is 319. The Kier molecular flexibility index (Phi) is 2.91. The van der Waals surface area contributed by atoms with Crippen LogP contribution in [0.2, 0.25) is 0 Å². The molecule has 0 N–H and O–H groups in total. The molecular formula is C11H13BrO. The third-order valence-corrected chi connectivity index (χ3v) is 3.01. The summed E-state index contributed by atoms with van der Waals surface area (Å²) in [6, 6.07) is 0. The van der Waals surface area contributed by atoms with Crippen molar-refractivity contribution in [2.24, 2.45) is 5.41 Å². The molecule has 1 rings (SSSR count). The number of hydrogen-bond donors (Lipinski definition) is 0. The van der Waals surface area contributed by atoms with Crippen LogP contribution in [0.15, 0.2) is 34.4 Å². The van der Waals surface area contributed by atoms with Crippen LogP contribution in [0.4, 0.5) is 0 Å². The molecule has 1 nitrogen and oxygen atoms in total. The van der Waals surface area contributed by atoms with E-state index in [-0.39, 0.29) is 11.2 Å². The normalized spacial score (nSPS) is 32.2. The first-order valence-corrected chi connectivity index (χ1v) is 5.01. The molecule has 0 spiro atoms. The minimum Gasteiger partial charge on any atom is -0.289 e. The van der Waals surface area contributed by atoms with Gasteiger partial charge in [-0.25, -0.2) is 0 Å². The van der Waals surface area contributed by atoms with Gasteiger partial charge in [-0.15, -0.1) is 0 Å². The van der Waals surface area contributed by atoms with Gasteiger partial charge in [0.25, 0.3) is 0 Å². The van der Waals surface area contributed by atoms with Gasteiger partial charge in [-0.05, 0) is 34.5 Å². The SMILES string of the molecule is CC1=C(\Br)C(=O)/C=C\C(C)(C)/C=C\1. The predicted octanol–water partition coefficient (Wildman–Crippen LogP) is 3.38. The van der Waals surface area contributed by atoms with Crippen molar-refractivity contribution in [3.05, 3.63) is 34.4 Å². The van der Waals surface area contributed by atoms with Gasteiger partial charge >= 0.3 is 0 Å². The van der Waals surface area contributed by atoms with Crippen LogP contribution in [0.1, 0.15) is 20.8 Å². The quantitative estimate of drug-likeness (QED) is 0.635. The van der Waals surface area contributed by atoms with Crippen LogP contribution in [0.5, 0.6) is 0 Å². The first kappa shape index (κ1) is 10.5. The van der Waals surface area contributed by atoms with Gasteiger partial charge in [0.1, 0.15) is 0 Å². The van der Waals surface area contributed by atoms with Crippen molar-refractivity contribution >= 4 is 21.7 Å². The summed E-state index contributed by atoms with van der Waals surface area (Å²) >= 11 is 3.27. The van der Waals surface area contributed by atoms with Gasteiger partial charge in [0.2, 0.25) is 0 Å². The fourth-order valence-corrected chi connectivity index (χ4v) is 1.29. The molecule has 0 amide bonds. The van der Waals surface area contributed by atoms with E-state index >= 15 is 0 Å². The Morgan fingerprint density at radius 3 is 2.38 bits per heavy atom. The molecule has 2 heteroatoms. The number of ketones is 1. The van der Waals surface area contributed by atoms with Gasteiger partial charge < -0.3 is 0 Å². The number of allylic oxidation sites excluding steroid dienone is 6. The number of halogens is 1. The van der Waals surface area contributed by atoms with Gasteiger partial charge in [0.05, 0.1) is 4.48 Å². The van der Waals surface area contributed by atoms with Crippen molar-refractivity contribution < 1.29 is 4.79 Å². The average Bonchev–Trinajstić information content (AvgIpc) is 2.08. The van der Waals surface area contributed by atoms with E-state index in [9.17, 15) is 4.79 Å². The van der Waals surface area contributed by atoms with Crippen LogP contribution in [-0.2, 0) is 4.79 Å². The molecule has 0 saturated heterocycles. The molecule has 0 radical (unpaired) electrons. The summed E-state index contributed by atoms with van der Waals surface area (Å²) in [5.74, 6) is 0.0370. The highest BCUT2D eigenvalue weighted by Gasteiger charge is 2.14. The smallest absolute Gasteiger partial charge is 0.192 e. The maximum Gasteiger partial charge on any atom is 0.192 e. The second-order valence-electron chi connectivity index (χ2n) is 3.85. The van der Waals surface area contributed by atoms with Crippen LogP contribution >= 0.6 is 15.9 Å². The Hall–Kier alpha value is -0.630. The molecule has 0 atom stereocenters. The lowest BCUT2D eigenvalue weighted by Gasteiger charge is -2.16. The second-order valence-corrected chi connectivity index (χ2v) is 4.64. The van der Waals surface area contributed by atoms with Crippen molar-refractivity contribution in [2.45, 2.75) is 20.8 Å². The van der Waals surface area contributed by atoms with Gasteiger partial charge in [0.15, 0.2) is 5.78 Å². The second kappa shape index (κ2) is 3.62. The van der Waals surface area contributed by atoms with E-state index < -0.39 is 0 Å². The van der Waals surface area contributed by atoms with Gasteiger partial charge in [-0.3, -0.25) is 4.79 Å². The Morgan fingerprint density at radius 2 is 1.77 bits per heavy atom. The molecule has 0 heterocycles. The number of rotatable bonds is 0. The van der Waals surface area contributed by atoms with Gasteiger partial charge in [-0.1, -0.05) is 32.1 Å². The van der Waals surface area contributed by atoms with Gasteiger partial charge in [-0.2, -0.15) is 0 Å². The first-order chi connectivity index (χ1) is 5.92. The molecule has 70 valence electrons. The van der Waals surface area contributed by atoms with E-state index in [1.54, 1.807) is 6.08 Å². The van der Waals surface area contributed by atoms with Crippen molar-refractivity contribution in [3.63, 3.8) is 0 Å². The number of carbonyl (C=O) groups excluding carboxylic acids is 1. The molecular weight excluding hydrogens is 228 g/mol. The highest BCUT2D eigenvalue weighted by atomic mass is 79.9. The molecule has 0 aromatic heterocycles. The highest BCUT2D eigenvalue weighted by molar-refractivity contribution is 9.12. The zero-order chi connectivity index (χ0) is 10.1. The van der Waals surface area contributed by atoms with Crippen molar-refractivity contribution in [1.29, 1.82) is 0 Å². The lowest BCUT2D eigenvalue weighted by molar-refractivity contribution is -0.110. The summed E-state index contributed by atoms with van der Waals surface area (Å²) < 4.78 is 0.649. The maximum atomic E-state index is 11.4. The Morgan fingerprint density at radius 1 is 1.23 bits per heavy atom. The third-order valence-electron chi connectivity index (χ3n) is 1.99. The lowest BCUT2D eigenvalue weighted by atomic mass is 9.90. The zero-order valence-corrected chi connectivity index (χ0v) is 9.68. The van der Waals surface area contributed by atoms with E-state index in [2.05, 4.69) is 35.9 Å². The van der Waals surface area contributed by atoms with E-state index in [0.29, 0.717) is 4.48 Å². The Balaban J connectivity index is 3.17. The molecule has 0 aliphatic heterocycles. The van der Waals surface area contributed by atoms with Crippen LogP contribution in [0.25, 0.3) is 0 Å².